The summed E-state index contributed by atoms with van der Waals surface area (Å²) >= 11 is 5.90. The number of aryl methyl sites for hydroxylation is 1. The molecule has 0 fully saturated rings. The standard InChI is InChI=1S/C15H15ClN2O3/c1-10-5-6-11(16)8-12(10)17-14(19)9-18(2)15(20)13-4-3-7-21-13/h3-8H,9H2,1-2H3,(H,17,19). The van der Waals surface area contributed by atoms with Gasteiger partial charge in [-0.25, -0.2) is 0 Å². The van der Waals surface area contributed by atoms with Crippen molar-refractivity contribution in [3.63, 3.8) is 0 Å². The highest BCUT2D eigenvalue weighted by Crippen LogP contribution is 2.20. The molecule has 0 aliphatic carbocycles. The molecule has 110 valence electrons. The lowest BCUT2D eigenvalue weighted by Gasteiger charge is -2.16. The Balaban J connectivity index is 1.98. The van der Waals surface area contributed by atoms with E-state index < -0.39 is 0 Å². The van der Waals surface area contributed by atoms with Gasteiger partial charge in [-0.1, -0.05) is 17.7 Å². The van der Waals surface area contributed by atoms with Crippen molar-refractivity contribution in [3.05, 3.63) is 52.9 Å². The molecule has 0 bridgehead atoms. The Labute approximate surface area is 127 Å². The number of nitrogens with zero attached hydrogens (tertiary/aromatic N) is 1. The van der Waals surface area contributed by atoms with Crippen LogP contribution in [0.15, 0.2) is 41.0 Å². The fourth-order valence-electron chi connectivity index (χ4n) is 1.79. The number of amides is 2. The minimum atomic E-state index is -0.349. The topological polar surface area (TPSA) is 62.6 Å². The molecule has 2 amide bonds. The van der Waals surface area contributed by atoms with Crippen molar-refractivity contribution >= 4 is 29.1 Å². The molecule has 2 aromatic rings. The molecule has 1 N–H and O–H groups in total. The predicted molar refractivity (Wildman–Crippen MR) is 80.5 cm³/mol. The first-order valence-corrected chi connectivity index (χ1v) is 6.70. The number of likely N-dealkylation sites (N-methyl/N-ethyl adjacent to an activating group) is 1. The summed E-state index contributed by atoms with van der Waals surface area (Å²) in [6, 6.07) is 8.41. The van der Waals surface area contributed by atoms with E-state index in [0.29, 0.717) is 10.7 Å². The molecule has 0 aliphatic heterocycles. The fraction of sp³-hybridized carbons (Fsp3) is 0.200. The lowest BCUT2D eigenvalue weighted by Crippen LogP contribution is -2.34. The predicted octanol–water partition coefficient (Wildman–Crippen LogP) is 2.95. The quantitative estimate of drug-likeness (QED) is 0.944. The molecule has 1 heterocycles. The van der Waals surface area contributed by atoms with Gasteiger partial charge in [0.05, 0.1) is 12.8 Å². The number of benzene rings is 1. The van der Waals surface area contributed by atoms with Crippen LogP contribution in [-0.2, 0) is 4.79 Å². The number of carbonyl (C=O) groups excluding carboxylic acids is 2. The van der Waals surface area contributed by atoms with Crippen molar-refractivity contribution in [2.24, 2.45) is 0 Å². The molecule has 1 aromatic carbocycles. The third kappa shape index (κ3) is 3.86. The van der Waals surface area contributed by atoms with Crippen molar-refractivity contribution < 1.29 is 14.0 Å². The molecule has 0 aliphatic rings. The Kier molecular flexibility index (Phi) is 4.65. The average molecular weight is 307 g/mol. The van der Waals surface area contributed by atoms with Crippen LogP contribution in [0.4, 0.5) is 5.69 Å². The summed E-state index contributed by atoms with van der Waals surface area (Å²) in [7, 11) is 1.54. The first kappa shape index (κ1) is 15.1. The van der Waals surface area contributed by atoms with Gasteiger partial charge in [0.2, 0.25) is 5.91 Å². The van der Waals surface area contributed by atoms with Crippen LogP contribution in [0.3, 0.4) is 0 Å². The molecule has 0 radical (unpaired) electrons. The first-order chi connectivity index (χ1) is 9.97. The molecule has 6 heteroatoms. The van der Waals surface area contributed by atoms with E-state index in [2.05, 4.69) is 5.32 Å². The summed E-state index contributed by atoms with van der Waals surface area (Å²) in [5, 5.41) is 3.27. The van der Waals surface area contributed by atoms with Gasteiger partial charge in [-0.05, 0) is 36.8 Å². The lowest BCUT2D eigenvalue weighted by atomic mass is 10.2. The zero-order valence-electron chi connectivity index (χ0n) is 11.7. The Morgan fingerprint density at radius 2 is 2.10 bits per heavy atom. The van der Waals surface area contributed by atoms with Crippen LogP contribution in [0.5, 0.6) is 0 Å². The van der Waals surface area contributed by atoms with Gasteiger partial charge in [0, 0.05) is 17.8 Å². The van der Waals surface area contributed by atoms with Gasteiger partial charge in [-0.2, -0.15) is 0 Å². The number of hydrogen-bond donors (Lipinski definition) is 1. The van der Waals surface area contributed by atoms with Gasteiger partial charge in [0.1, 0.15) is 0 Å². The molecule has 1 aromatic heterocycles. The maximum atomic E-state index is 12.0. The van der Waals surface area contributed by atoms with Crippen molar-refractivity contribution in [1.29, 1.82) is 0 Å². The van der Waals surface area contributed by atoms with E-state index in [9.17, 15) is 9.59 Å². The van der Waals surface area contributed by atoms with Crippen molar-refractivity contribution in [3.8, 4) is 0 Å². The zero-order valence-corrected chi connectivity index (χ0v) is 12.5. The van der Waals surface area contributed by atoms with Gasteiger partial charge in [-0.3, -0.25) is 9.59 Å². The first-order valence-electron chi connectivity index (χ1n) is 6.32. The van der Waals surface area contributed by atoms with E-state index in [1.165, 1.54) is 18.2 Å². The van der Waals surface area contributed by atoms with Gasteiger partial charge < -0.3 is 14.6 Å². The number of carbonyl (C=O) groups is 2. The van der Waals surface area contributed by atoms with Gasteiger partial charge in [0.15, 0.2) is 5.76 Å². The summed E-state index contributed by atoms with van der Waals surface area (Å²) < 4.78 is 5.01. The van der Waals surface area contributed by atoms with Crippen LogP contribution < -0.4 is 5.32 Å². The van der Waals surface area contributed by atoms with Gasteiger partial charge in [0.25, 0.3) is 5.91 Å². The number of furan rings is 1. The van der Waals surface area contributed by atoms with Gasteiger partial charge in [-0.15, -0.1) is 0 Å². The molecule has 0 unspecified atom stereocenters. The SMILES string of the molecule is Cc1ccc(Cl)cc1NC(=O)CN(C)C(=O)c1ccco1. The zero-order chi connectivity index (χ0) is 15.4. The normalized spacial score (nSPS) is 10.2. The molecule has 2 rings (SSSR count). The Hall–Kier alpha value is -2.27. The monoisotopic (exact) mass is 306 g/mol. The van der Waals surface area contributed by atoms with Crippen LogP contribution in [-0.4, -0.2) is 30.3 Å². The number of nitrogens with one attached hydrogen (secondary N) is 1. The molecule has 5 nitrogen and oxygen atoms in total. The smallest absolute Gasteiger partial charge is 0.289 e. The summed E-state index contributed by atoms with van der Waals surface area (Å²) in [4.78, 5) is 25.2. The van der Waals surface area contributed by atoms with Crippen LogP contribution in [0.25, 0.3) is 0 Å². The van der Waals surface area contributed by atoms with E-state index in [0.717, 1.165) is 5.56 Å². The highest BCUT2D eigenvalue weighted by Gasteiger charge is 2.17. The summed E-state index contributed by atoms with van der Waals surface area (Å²) in [6.45, 7) is 1.79. The molecular weight excluding hydrogens is 292 g/mol. The highest BCUT2D eigenvalue weighted by atomic mass is 35.5. The molecule has 0 atom stereocenters. The number of halogens is 1. The highest BCUT2D eigenvalue weighted by molar-refractivity contribution is 6.31. The third-order valence-electron chi connectivity index (χ3n) is 2.93. The Morgan fingerprint density at radius 3 is 2.76 bits per heavy atom. The second kappa shape index (κ2) is 6.45. The maximum Gasteiger partial charge on any atom is 0.289 e. The molecule has 0 saturated carbocycles. The summed E-state index contributed by atoms with van der Waals surface area (Å²) in [5.41, 5.74) is 1.53. The van der Waals surface area contributed by atoms with Crippen LogP contribution in [0.1, 0.15) is 16.1 Å². The minimum absolute atomic E-state index is 0.0779. The number of hydrogen-bond acceptors (Lipinski definition) is 3. The average Bonchev–Trinajstić information content (AvgIpc) is 2.96. The second-order valence-electron chi connectivity index (χ2n) is 4.65. The largest absolute Gasteiger partial charge is 0.459 e. The number of anilines is 1. The molecule has 0 saturated heterocycles. The Morgan fingerprint density at radius 1 is 1.33 bits per heavy atom. The third-order valence-corrected chi connectivity index (χ3v) is 3.17. The van der Waals surface area contributed by atoms with Crippen LogP contribution >= 0.6 is 11.6 Å². The molecular formula is C15H15ClN2O3. The van der Waals surface area contributed by atoms with Crippen molar-refractivity contribution in [2.45, 2.75) is 6.92 Å². The Bertz CT molecular complexity index is 653. The van der Waals surface area contributed by atoms with E-state index >= 15 is 0 Å². The fourth-order valence-corrected chi connectivity index (χ4v) is 1.97. The van der Waals surface area contributed by atoms with Gasteiger partial charge >= 0.3 is 0 Å². The summed E-state index contributed by atoms with van der Waals surface area (Å²) in [6.07, 6.45) is 1.41. The van der Waals surface area contributed by atoms with Crippen molar-refractivity contribution in [2.75, 3.05) is 18.9 Å². The molecule has 21 heavy (non-hydrogen) atoms. The second-order valence-corrected chi connectivity index (χ2v) is 5.08. The van der Waals surface area contributed by atoms with E-state index in [1.54, 1.807) is 24.3 Å². The van der Waals surface area contributed by atoms with Crippen molar-refractivity contribution in [1.82, 2.24) is 4.90 Å². The maximum absolute atomic E-state index is 12.0. The summed E-state index contributed by atoms with van der Waals surface area (Å²) in [5.74, 6) is -0.454. The number of rotatable bonds is 4. The van der Waals surface area contributed by atoms with E-state index in [1.807, 2.05) is 13.0 Å². The van der Waals surface area contributed by atoms with Crippen LogP contribution in [0, 0.1) is 6.92 Å². The van der Waals surface area contributed by atoms with E-state index in [4.69, 9.17) is 16.0 Å². The van der Waals surface area contributed by atoms with E-state index in [-0.39, 0.29) is 24.1 Å². The lowest BCUT2D eigenvalue weighted by molar-refractivity contribution is -0.116. The molecule has 0 spiro atoms. The minimum Gasteiger partial charge on any atom is -0.459 e. The van der Waals surface area contributed by atoms with Crippen LogP contribution in [0.2, 0.25) is 5.02 Å².